The van der Waals surface area contributed by atoms with E-state index in [1.165, 1.54) is 11.3 Å². The summed E-state index contributed by atoms with van der Waals surface area (Å²) in [5, 5.41) is 10.9. The van der Waals surface area contributed by atoms with Crippen LogP contribution in [0.2, 0.25) is 0 Å². The van der Waals surface area contributed by atoms with Gasteiger partial charge in [0.2, 0.25) is 0 Å². The van der Waals surface area contributed by atoms with Crippen molar-refractivity contribution in [1.82, 2.24) is 4.90 Å². The van der Waals surface area contributed by atoms with Gasteiger partial charge in [-0.1, -0.05) is 11.3 Å². The zero-order valence-corrected chi connectivity index (χ0v) is 11.1. The van der Waals surface area contributed by atoms with Gasteiger partial charge >= 0.3 is 5.00 Å². The van der Waals surface area contributed by atoms with E-state index >= 15 is 0 Å². The molecule has 1 fully saturated rings. The summed E-state index contributed by atoms with van der Waals surface area (Å²) in [5.41, 5.74) is 6.11. The first kappa shape index (κ1) is 13.4. The summed E-state index contributed by atoms with van der Waals surface area (Å²) < 4.78 is 5.08. The van der Waals surface area contributed by atoms with E-state index in [1.54, 1.807) is 13.2 Å². The van der Waals surface area contributed by atoms with E-state index in [0.717, 1.165) is 24.4 Å². The molecule has 0 spiro atoms. The Kier molecular flexibility index (Phi) is 4.28. The maximum atomic E-state index is 10.7. The number of hydrogen-bond donors (Lipinski definition) is 1. The van der Waals surface area contributed by atoms with Gasteiger partial charge in [-0.25, -0.2) is 0 Å². The topological polar surface area (TPSA) is 81.6 Å². The molecule has 0 amide bonds. The number of hydrogen-bond acceptors (Lipinski definition) is 6. The van der Waals surface area contributed by atoms with E-state index in [-0.39, 0.29) is 22.0 Å². The van der Waals surface area contributed by atoms with Gasteiger partial charge in [-0.15, -0.1) is 0 Å². The summed E-state index contributed by atoms with van der Waals surface area (Å²) in [6, 6.07) is 3.50. The maximum absolute atomic E-state index is 10.7. The zero-order chi connectivity index (χ0) is 13.1. The Bertz CT molecular complexity index is 423. The normalized spacial score (nSPS) is 24.6. The number of methoxy groups -OCH3 is 1. The number of nitrogens with two attached hydrogens (primary N) is 1. The van der Waals surface area contributed by atoms with E-state index in [1.807, 2.05) is 6.07 Å². The minimum absolute atomic E-state index is 0.0418. The molecule has 1 aromatic rings. The highest BCUT2D eigenvalue weighted by molar-refractivity contribution is 7.15. The maximum Gasteiger partial charge on any atom is 0.324 e. The molecule has 1 saturated heterocycles. The molecule has 0 bridgehead atoms. The average Bonchev–Trinajstić information content (AvgIpc) is 2.93. The summed E-state index contributed by atoms with van der Waals surface area (Å²) in [6.07, 6.45) is 0.917. The zero-order valence-electron chi connectivity index (χ0n) is 10.2. The number of rotatable bonds is 5. The van der Waals surface area contributed by atoms with Crippen LogP contribution in [-0.4, -0.2) is 42.7 Å². The molecule has 1 aromatic heterocycles. The quantitative estimate of drug-likeness (QED) is 0.646. The molecule has 2 atom stereocenters. The first-order valence-corrected chi connectivity index (χ1v) is 6.68. The van der Waals surface area contributed by atoms with E-state index in [4.69, 9.17) is 10.5 Å². The Morgan fingerprint density at radius 2 is 2.44 bits per heavy atom. The molecule has 2 N–H and O–H groups in total. The molecule has 0 saturated carbocycles. The molecule has 100 valence electrons. The predicted octanol–water partition coefficient (Wildman–Crippen LogP) is 1.38. The van der Waals surface area contributed by atoms with Crippen molar-refractivity contribution < 1.29 is 9.66 Å². The first-order chi connectivity index (χ1) is 8.63. The van der Waals surface area contributed by atoms with Crippen molar-refractivity contribution in [2.45, 2.75) is 18.5 Å². The molecule has 0 aliphatic carbocycles. The van der Waals surface area contributed by atoms with Gasteiger partial charge in [-0.2, -0.15) is 0 Å². The molecule has 7 heteroatoms. The Balaban J connectivity index is 2.14. The molecule has 6 nitrogen and oxygen atoms in total. The fourth-order valence-corrected chi connectivity index (χ4v) is 3.37. The first-order valence-electron chi connectivity index (χ1n) is 5.86. The van der Waals surface area contributed by atoms with Gasteiger partial charge in [0.25, 0.3) is 0 Å². The molecular weight excluding hydrogens is 254 g/mol. The third-order valence-corrected chi connectivity index (χ3v) is 4.32. The van der Waals surface area contributed by atoms with Crippen LogP contribution in [0.3, 0.4) is 0 Å². The summed E-state index contributed by atoms with van der Waals surface area (Å²) >= 11 is 1.22. The molecule has 1 aliphatic rings. The van der Waals surface area contributed by atoms with Crippen molar-refractivity contribution in [1.29, 1.82) is 0 Å². The highest BCUT2D eigenvalue weighted by Crippen LogP contribution is 2.37. The van der Waals surface area contributed by atoms with Gasteiger partial charge < -0.3 is 10.5 Å². The number of nitro groups is 1. The molecule has 18 heavy (non-hydrogen) atoms. The fourth-order valence-electron chi connectivity index (χ4n) is 2.33. The lowest BCUT2D eigenvalue weighted by Crippen LogP contribution is -2.33. The number of thiophene rings is 1. The summed E-state index contributed by atoms with van der Waals surface area (Å²) in [5.74, 6) is 0. The Morgan fingerprint density at radius 3 is 3.06 bits per heavy atom. The Hall–Kier alpha value is -1.02. The summed E-state index contributed by atoms with van der Waals surface area (Å²) in [6.45, 7) is 2.37. The van der Waals surface area contributed by atoms with Gasteiger partial charge in [0, 0.05) is 37.2 Å². The number of nitrogens with zero attached hydrogens (tertiary/aromatic N) is 2. The van der Waals surface area contributed by atoms with E-state index in [0.29, 0.717) is 6.61 Å². The minimum Gasteiger partial charge on any atom is -0.383 e. The van der Waals surface area contributed by atoms with Gasteiger partial charge in [0.15, 0.2) is 0 Å². The lowest BCUT2D eigenvalue weighted by atomic mass is 10.1. The van der Waals surface area contributed by atoms with Crippen molar-refractivity contribution in [2.24, 2.45) is 5.73 Å². The van der Waals surface area contributed by atoms with Crippen molar-refractivity contribution in [3.63, 3.8) is 0 Å². The number of ether oxygens (including phenoxy) is 1. The second-order valence-electron chi connectivity index (χ2n) is 4.36. The second kappa shape index (κ2) is 5.75. The third kappa shape index (κ3) is 2.69. The van der Waals surface area contributed by atoms with Crippen LogP contribution in [0.4, 0.5) is 5.00 Å². The molecule has 0 aromatic carbocycles. The summed E-state index contributed by atoms with van der Waals surface area (Å²) in [7, 11) is 1.67. The van der Waals surface area contributed by atoms with Crippen LogP contribution in [0, 0.1) is 10.1 Å². The fraction of sp³-hybridized carbons (Fsp3) is 0.636. The molecule has 0 radical (unpaired) electrons. The molecule has 2 unspecified atom stereocenters. The van der Waals surface area contributed by atoms with Crippen LogP contribution < -0.4 is 5.73 Å². The average molecular weight is 271 g/mol. The van der Waals surface area contributed by atoms with Gasteiger partial charge in [0.1, 0.15) is 0 Å². The predicted molar refractivity (Wildman–Crippen MR) is 69.8 cm³/mol. The summed E-state index contributed by atoms with van der Waals surface area (Å²) in [4.78, 5) is 13.6. The monoisotopic (exact) mass is 271 g/mol. The Morgan fingerprint density at radius 1 is 1.67 bits per heavy atom. The van der Waals surface area contributed by atoms with Crippen LogP contribution in [0.15, 0.2) is 12.1 Å². The number of likely N-dealkylation sites (tertiary alicyclic amines) is 1. The van der Waals surface area contributed by atoms with Gasteiger partial charge in [0.05, 0.1) is 17.6 Å². The van der Waals surface area contributed by atoms with E-state index in [2.05, 4.69) is 4.90 Å². The van der Waals surface area contributed by atoms with E-state index in [9.17, 15) is 10.1 Å². The molecule has 2 rings (SSSR count). The van der Waals surface area contributed by atoms with E-state index < -0.39 is 0 Å². The van der Waals surface area contributed by atoms with Crippen LogP contribution >= 0.6 is 11.3 Å². The molecule has 1 aliphatic heterocycles. The SMILES string of the molecule is COCCN1CCC(N)C1c1ccc([N+](=O)[O-])s1. The van der Waals surface area contributed by atoms with Crippen LogP contribution in [0.1, 0.15) is 17.3 Å². The second-order valence-corrected chi connectivity index (χ2v) is 5.45. The molecule has 2 heterocycles. The van der Waals surface area contributed by atoms with Crippen molar-refractivity contribution in [3.05, 3.63) is 27.1 Å². The molecular formula is C11H17N3O3S. The lowest BCUT2D eigenvalue weighted by molar-refractivity contribution is -0.380. The smallest absolute Gasteiger partial charge is 0.324 e. The van der Waals surface area contributed by atoms with Crippen LogP contribution in [0.5, 0.6) is 0 Å². The van der Waals surface area contributed by atoms with Gasteiger partial charge in [-0.3, -0.25) is 15.0 Å². The van der Waals surface area contributed by atoms with Crippen molar-refractivity contribution in [3.8, 4) is 0 Å². The van der Waals surface area contributed by atoms with Crippen LogP contribution in [-0.2, 0) is 4.74 Å². The lowest BCUT2D eigenvalue weighted by Gasteiger charge is -2.25. The Labute approximate surface area is 109 Å². The van der Waals surface area contributed by atoms with Crippen LogP contribution in [0.25, 0.3) is 0 Å². The third-order valence-electron chi connectivity index (χ3n) is 3.22. The van der Waals surface area contributed by atoms with Gasteiger partial charge in [-0.05, 0) is 12.5 Å². The van der Waals surface area contributed by atoms with Crippen molar-refractivity contribution >= 4 is 16.3 Å². The van der Waals surface area contributed by atoms with Crippen molar-refractivity contribution in [2.75, 3.05) is 26.8 Å². The standard InChI is InChI=1S/C11H17N3O3S/c1-17-7-6-13-5-4-8(12)11(13)9-2-3-10(18-9)14(15)16/h2-3,8,11H,4-7,12H2,1H3. The largest absolute Gasteiger partial charge is 0.383 e. The highest BCUT2D eigenvalue weighted by atomic mass is 32.1. The highest BCUT2D eigenvalue weighted by Gasteiger charge is 2.34. The minimum atomic E-state index is -0.353.